The Kier molecular flexibility index (Phi) is 4.85. The van der Waals surface area contributed by atoms with Crippen LogP contribution in [0.4, 0.5) is 8.78 Å². The molecule has 1 aromatic carbocycles. The number of amides is 1. The van der Waals surface area contributed by atoms with Gasteiger partial charge in [-0.3, -0.25) is 10.2 Å². The van der Waals surface area contributed by atoms with E-state index in [1.54, 1.807) is 14.1 Å². The number of carbonyl (C=O) groups excluding carboxylic acids is 1. The lowest BCUT2D eigenvalue weighted by atomic mass is 10.2. The van der Waals surface area contributed by atoms with E-state index in [9.17, 15) is 13.6 Å². The number of alkyl halides is 2. The fourth-order valence-electron chi connectivity index (χ4n) is 1.27. The van der Waals surface area contributed by atoms with Crippen LogP contribution in [0.3, 0.4) is 0 Å². The molecule has 0 atom stereocenters. The quantitative estimate of drug-likeness (QED) is 0.815. The Balaban J connectivity index is 2.94. The largest absolute Gasteiger partial charge is 0.493 e. The number of hydrogen-bond acceptors (Lipinski definition) is 4. The first-order valence-electron chi connectivity index (χ1n) is 5.05. The second-order valence-corrected chi connectivity index (χ2v) is 3.58. The first-order chi connectivity index (χ1) is 8.43. The number of methoxy groups -OCH3 is 1. The second-order valence-electron chi connectivity index (χ2n) is 3.58. The van der Waals surface area contributed by atoms with Gasteiger partial charge in [0.05, 0.1) is 7.11 Å². The molecule has 0 saturated carbocycles. The number of nitrogens with zero attached hydrogens (tertiary/aromatic N) is 1. The zero-order valence-electron chi connectivity index (χ0n) is 10.2. The summed E-state index contributed by atoms with van der Waals surface area (Å²) in [7, 11) is 4.62. The maximum atomic E-state index is 12.1. The minimum atomic E-state index is -2.94. The first-order valence-corrected chi connectivity index (χ1v) is 5.05. The van der Waals surface area contributed by atoms with E-state index in [2.05, 4.69) is 10.2 Å². The van der Waals surface area contributed by atoms with Crippen LogP contribution >= 0.6 is 0 Å². The van der Waals surface area contributed by atoms with Crippen LogP contribution in [0.2, 0.25) is 0 Å². The lowest BCUT2D eigenvalue weighted by Crippen LogP contribution is -2.36. The number of nitrogens with one attached hydrogen (secondary N) is 1. The highest BCUT2D eigenvalue weighted by Gasteiger charge is 2.14. The van der Waals surface area contributed by atoms with E-state index in [0.29, 0.717) is 0 Å². The van der Waals surface area contributed by atoms with Gasteiger partial charge in [-0.1, -0.05) is 0 Å². The third-order valence-electron chi connectivity index (χ3n) is 1.97. The summed E-state index contributed by atoms with van der Waals surface area (Å²) in [6.07, 6.45) is 0. The van der Waals surface area contributed by atoms with Crippen LogP contribution in [0, 0.1) is 0 Å². The van der Waals surface area contributed by atoms with Crippen molar-refractivity contribution in [3.63, 3.8) is 0 Å². The summed E-state index contributed by atoms with van der Waals surface area (Å²) in [5.41, 5.74) is 2.80. The Morgan fingerprint density at radius 1 is 1.33 bits per heavy atom. The van der Waals surface area contributed by atoms with Crippen molar-refractivity contribution in [3.05, 3.63) is 23.8 Å². The zero-order valence-corrected chi connectivity index (χ0v) is 10.2. The van der Waals surface area contributed by atoms with E-state index in [-0.39, 0.29) is 23.0 Å². The summed E-state index contributed by atoms with van der Waals surface area (Å²) in [5, 5.41) is 1.47. The Hall–Kier alpha value is -1.89. The monoisotopic (exact) mass is 260 g/mol. The molecule has 0 aliphatic heterocycles. The highest BCUT2D eigenvalue weighted by molar-refractivity contribution is 5.94. The maximum Gasteiger partial charge on any atom is 0.387 e. The Morgan fingerprint density at radius 2 is 2.00 bits per heavy atom. The van der Waals surface area contributed by atoms with Gasteiger partial charge in [0.25, 0.3) is 5.91 Å². The lowest BCUT2D eigenvalue weighted by molar-refractivity contribution is -0.0512. The molecular weight excluding hydrogens is 246 g/mol. The molecule has 0 aromatic heterocycles. The van der Waals surface area contributed by atoms with Crippen LogP contribution in [0.1, 0.15) is 10.4 Å². The van der Waals surface area contributed by atoms with E-state index >= 15 is 0 Å². The summed E-state index contributed by atoms with van der Waals surface area (Å²) in [6, 6.07) is 3.96. The molecule has 7 heteroatoms. The van der Waals surface area contributed by atoms with Gasteiger partial charge in [-0.15, -0.1) is 0 Å². The number of carbonyl (C=O) groups is 1. The Labute approximate surface area is 103 Å². The van der Waals surface area contributed by atoms with Crippen molar-refractivity contribution in [3.8, 4) is 11.5 Å². The molecule has 0 aliphatic carbocycles. The number of hydrogen-bond donors (Lipinski definition) is 1. The third-order valence-corrected chi connectivity index (χ3v) is 1.97. The van der Waals surface area contributed by atoms with Crippen molar-refractivity contribution >= 4 is 5.91 Å². The molecule has 0 saturated heterocycles. The SMILES string of the molecule is COc1cc(C(=O)NN(C)C)ccc1OC(F)F. The van der Waals surface area contributed by atoms with Gasteiger partial charge in [-0.25, -0.2) is 5.01 Å². The number of benzene rings is 1. The molecule has 100 valence electrons. The standard InChI is InChI=1S/C11H14F2N2O3/c1-15(2)14-10(16)7-4-5-8(18-11(12)13)9(6-7)17-3/h4-6,11H,1-3H3,(H,14,16). The topological polar surface area (TPSA) is 50.8 Å². The maximum absolute atomic E-state index is 12.1. The highest BCUT2D eigenvalue weighted by Crippen LogP contribution is 2.29. The smallest absolute Gasteiger partial charge is 0.387 e. The summed E-state index contributed by atoms with van der Waals surface area (Å²) in [5.74, 6) is -0.419. The van der Waals surface area contributed by atoms with Crippen molar-refractivity contribution < 1.29 is 23.0 Å². The van der Waals surface area contributed by atoms with Crippen molar-refractivity contribution in [2.75, 3.05) is 21.2 Å². The summed E-state index contributed by atoms with van der Waals surface area (Å²) < 4.78 is 33.4. The van der Waals surface area contributed by atoms with Crippen LogP contribution in [0.5, 0.6) is 11.5 Å². The molecule has 0 aliphatic rings. The van der Waals surface area contributed by atoms with E-state index in [1.165, 1.54) is 30.3 Å². The van der Waals surface area contributed by atoms with Gasteiger partial charge in [0.15, 0.2) is 11.5 Å². The van der Waals surface area contributed by atoms with Crippen LogP contribution in [-0.4, -0.2) is 38.7 Å². The molecule has 1 rings (SSSR count). The molecule has 0 radical (unpaired) electrons. The molecule has 0 fully saturated rings. The molecule has 18 heavy (non-hydrogen) atoms. The van der Waals surface area contributed by atoms with Gasteiger partial charge in [-0.05, 0) is 18.2 Å². The molecule has 1 aromatic rings. The van der Waals surface area contributed by atoms with Crippen LogP contribution < -0.4 is 14.9 Å². The highest BCUT2D eigenvalue weighted by atomic mass is 19.3. The molecule has 1 N–H and O–H groups in total. The number of ether oxygens (including phenoxy) is 2. The predicted octanol–water partition coefficient (Wildman–Crippen LogP) is 1.50. The summed E-state index contributed by atoms with van der Waals surface area (Å²) >= 11 is 0. The predicted molar refractivity (Wildman–Crippen MR) is 60.8 cm³/mol. The van der Waals surface area contributed by atoms with Gasteiger partial charge in [0, 0.05) is 19.7 Å². The minimum Gasteiger partial charge on any atom is -0.493 e. The summed E-state index contributed by atoms with van der Waals surface area (Å²) in [4.78, 5) is 11.7. The molecule has 0 bridgehead atoms. The average Bonchev–Trinajstić information content (AvgIpc) is 2.27. The van der Waals surface area contributed by atoms with E-state index in [0.717, 1.165) is 0 Å². The first kappa shape index (κ1) is 14.2. The molecule has 0 spiro atoms. The van der Waals surface area contributed by atoms with E-state index in [4.69, 9.17) is 4.74 Å². The zero-order chi connectivity index (χ0) is 13.7. The number of hydrazine groups is 1. The fourth-order valence-corrected chi connectivity index (χ4v) is 1.27. The van der Waals surface area contributed by atoms with Crippen molar-refractivity contribution in [2.45, 2.75) is 6.61 Å². The molecular formula is C11H14F2N2O3. The van der Waals surface area contributed by atoms with Gasteiger partial charge < -0.3 is 9.47 Å². The van der Waals surface area contributed by atoms with Crippen LogP contribution in [-0.2, 0) is 0 Å². The van der Waals surface area contributed by atoms with Gasteiger partial charge in [0.1, 0.15) is 0 Å². The fraction of sp³-hybridized carbons (Fsp3) is 0.364. The van der Waals surface area contributed by atoms with Crippen molar-refractivity contribution in [1.82, 2.24) is 10.4 Å². The van der Waals surface area contributed by atoms with Crippen molar-refractivity contribution in [1.29, 1.82) is 0 Å². The van der Waals surface area contributed by atoms with Gasteiger partial charge in [-0.2, -0.15) is 8.78 Å². The van der Waals surface area contributed by atoms with E-state index in [1.807, 2.05) is 0 Å². The normalized spacial score (nSPS) is 10.6. The Bertz CT molecular complexity index is 425. The molecule has 5 nitrogen and oxygen atoms in total. The molecule has 1 amide bonds. The van der Waals surface area contributed by atoms with Gasteiger partial charge >= 0.3 is 6.61 Å². The van der Waals surface area contributed by atoms with Crippen molar-refractivity contribution in [2.24, 2.45) is 0 Å². The average molecular weight is 260 g/mol. The Morgan fingerprint density at radius 3 is 2.50 bits per heavy atom. The third kappa shape index (κ3) is 3.85. The van der Waals surface area contributed by atoms with Gasteiger partial charge in [0.2, 0.25) is 0 Å². The number of rotatable bonds is 5. The molecule has 0 heterocycles. The second kappa shape index (κ2) is 6.15. The van der Waals surface area contributed by atoms with Crippen LogP contribution in [0.15, 0.2) is 18.2 Å². The minimum absolute atomic E-state index is 0.0710. The van der Waals surface area contributed by atoms with E-state index < -0.39 is 6.61 Å². The lowest BCUT2D eigenvalue weighted by Gasteiger charge is -2.14. The molecule has 0 unspecified atom stereocenters. The number of halogens is 2. The summed E-state index contributed by atoms with van der Waals surface area (Å²) in [6.45, 7) is -2.94. The van der Waals surface area contributed by atoms with Crippen LogP contribution in [0.25, 0.3) is 0 Å².